The zero-order chi connectivity index (χ0) is 52.6. The van der Waals surface area contributed by atoms with Crippen LogP contribution in [0.25, 0.3) is 66.4 Å². The van der Waals surface area contributed by atoms with E-state index in [1.165, 1.54) is 44.8 Å². The number of nitrogens with zero attached hydrogens (tertiary/aromatic N) is 7. The maximum Gasteiger partial charge on any atom is 0.350 e. The first-order valence-corrected chi connectivity index (χ1v) is 26.6. The van der Waals surface area contributed by atoms with Crippen LogP contribution in [0.15, 0.2) is 175 Å². The molecule has 1 saturated carbocycles. The van der Waals surface area contributed by atoms with E-state index in [4.69, 9.17) is 22.7 Å². The second-order valence-electron chi connectivity index (χ2n) is 18.8. The fourth-order valence-electron chi connectivity index (χ4n) is 10.9. The van der Waals surface area contributed by atoms with Crippen molar-refractivity contribution >= 4 is 93.5 Å². The molecule has 0 spiro atoms. The van der Waals surface area contributed by atoms with Crippen LogP contribution < -0.4 is 30.5 Å². The summed E-state index contributed by atoms with van der Waals surface area (Å²) in [6.07, 6.45) is 13.7. The molecule has 0 N–H and O–H groups in total. The van der Waals surface area contributed by atoms with Crippen LogP contribution in [0.4, 0.5) is 34.1 Å². The van der Waals surface area contributed by atoms with Crippen molar-refractivity contribution in [3.8, 4) is 40.5 Å². The molecule has 6 aromatic carbocycles. The lowest BCUT2D eigenvalue weighted by atomic mass is 9.83. The Morgan fingerprint density at radius 2 is 1.39 bits per heavy atom. The van der Waals surface area contributed by atoms with Gasteiger partial charge in [-0.3, -0.25) is 9.97 Å². The summed E-state index contributed by atoms with van der Waals surface area (Å²) in [5.74, 6) is 1.00. The molecule has 0 amide bonds. The number of ether oxygens (including phenoxy) is 2. The summed E-state index contributed by atoms with van der Waals surface area (Å²) in [6.45, 7) is 2.47. The standard InChI is InChI=1S/C62H48BrN7O7/c1-3-74-53-21-9-17-46-47(53)18-8-20-51(46)70(43-16-11-27-66-36-43)52-33-54-41(29-40(52)24-25-63)30-48(61(71)75-54)59-67-68-60(77-59)58-49(34-64)57-55(73-2)31-44(32-56(57)76-62(58)72)69(42-15-10-26-65-35-42)50-19-7-14-39-28-38(22-23-45(39)50)37-12-5-4-6-13-37/h7-11,14-23,26-33,35-37H,3-6,12-13,24-25H2,1-2H3. The summed E-state index contributed by atoms with van der Waals surface area (Å²) < 4.78 is 30.3. The Bertz CT molecular complexity index is 4210. The molecular weight excluding hydrogens is 1030 g/mol. The van der Waals surface area contributed by atoms with E-state index in [1.54, 1.807) is 43.0 Å². The van der Waals surface area contributed by atoms with Crippen LogP contribution in [-0.2, 0) is 6.42 Å². The number of benzene rings is 6. The number of halogens is 1. The van der Waals surface area contributed by atoms with Gasteiger partial charge in [-0.2, -0.15) is 5.26 Å². The van der Waals surface area contributed by atoms with Crippen LogP contribution in [0.3, 0.4) is 0 Å². The number of alkyl halides is 1. The van der Waals surface area contributed by atoms with E-state index in [0.717, 1.165) is 61.3 Å². The highest BCUT2D eigenvalue weighted by molar-refractivity contribution is 9.09. The van der Waals surface area contributed by atoms with Gasteiger partial charge in [-0.1, -0.05) is 89.8 Å². The van der Waals surface area contributed by atoms with Crippen LogP contribution in [0.1, 0.15) is 61.6 Å². The maximum atomic E-state index is 14.3. The highest BCUT2D eigenvalue weighted by Gasteiger charge is 2.29. The van der Waals surface area contributed by atoms with E-state index >= 15 is 0 Å². The Balaban J connectivity index is 0.936. The van der Waals surface area contributed by atoms with Crippen LogP contribution in [0.5, 0.6) is 11.5 Å². The molecule has 0 bridgehead atoms. The number of pyridine rings is 2. The number of anilines is 6. The average Bonchev–Trinajstić information content (AvgIpc) is 4.00. The van der Waals surface area contributed by atoms with Gasteiger partial charge in [-0.15, -0.1) is 10.2 Å². The number of rotatable bonds is 14. The molecule has 1 fully saturated rings. The summed E-state index contributed by atoms with van der Waals surface area (Å²) in [5, 5.41) is 24.7. The highest BCUT2D eigenvalue weighted by atomic mass is 79.9. The zero-order valence-electron chi connectivity index (χ0n) is 42.0. The van der Waals surface area contributed by atoms with Crippen LogP contribution >= 0.6 is 15.9 Å². The molecule has 0 atom stereocenters. The molecule has 0 saturated heterocycles. The van der Waals surface area contributed by atoms with Crippen molar-refractivity contribution in [1.82, 2.24) is 20.2 Å². The molecule has 1 aliphatic carbocycles. The van der Waals surface area contributed by atoms with Crippen molar-refractivity contribution in [2.75, 3.05) is 28.8 Å². The molecule has 0 radical (unpaired) electrons. The van der Waals surface area contributed by atoms with Crippen molar-refractivity contribution in [2.45, 2.75) is 51.4 Å². The number of fused-ring (bicyclic) bond motifs is 4. The monoisotopic (exact) mass is 1080 g/mol. The van der Waals surface area contributed by atoms with Crippen LogP contribution in [0, 0.1) is 11.3 Å². The minimum Gasteiger partial charge on any atom is -0.496 e. The topological polar surface area (TPSA) is 174 Å². The zero-order valence-corrected chi connectivity index (χ0v) is 43.6. The lowest BCUT2D eigenvalue weighted by Gasteiger charge is -2.29. The highest BCUT2D eigenvalue weighted by Crippen LogP contribution is 2.46. The molecule has 0 aliphatic heterocycles. The number of nitriles is 1. The number of hydrogen-bond acceptors (Lipinski definition) is 14. The van der Waals surface area contributed by atoms with Crippen molar-refractivity contribution < 1.29 is 22.7 Å². The van der Waals surface area contributed by atoms with Crippen molar-refractivity contribution in [3.63, 3.8) is 0 Å². The van der Waals surface area contributed by atoms with Gasteiger partial charge < -0.3 is 32.5 Å². The van der Waals surface area contributed by atoms with Crippen molar-refractivity contribution in [2.24, 2.45) is 0 Å². The normalized spacial score (nSPS) is 12.8. The Labute approximate surface area is 449 Å². The van der Waals surface area contributed by atoms with E-state index in [2.05, 4.69) is 77.4 Å². The maximum absolute atomic E-state index is 14.3. The van der Waals surface area contributed by atoms with Gasteiger partial charge in [0.05, 0.1) is 71.2 Å². The number of aromatic nitrogens is 4. The van der Waals surface area contributed by atoms with Crippen molar-refractivity contribution in [3.05, 3.63) is 190 Å². The lowest BCUT2D eigenvalue weighted by molar-refractivity contribution is 0.344. The summed E-state index contributed by atoms with van der Waals surface area (Å²) in [6, 6.07) is 43.7. The Morgan fingerprint density at radius 3 is 2.13 bits per heavy atom. The fraction of sp³-hybridized carbons (Fsp3) is 0.177. The van der Waals surface area contributed by atoms with Gasteiger partial charge in [0.15, 0.2) is 0 Å². The van der Waals surface area contributed by atoms with Gasteiger partial charge in [0.1, 0.15) is 39.9 Å². The third-order valence-corrected chi connectivity index (χ3v) is 14.8. The lowest BCUT2D eigenvalue weighted by Crippen LogP contribution is -2.14. The van der Waals surface area contributed by atoms with Crippen LogP contribution in [-0.4, -0.2) is 39.2 Å². The molecule has 12 rings (SSSR count). The fourth-order valence-corrected chi connectivity index (χ4v) is 11.3. The second kappa shape index (κ2) is 20.9. The molecular formula is C62H48BrN7O7. The Kier molecular flexibility index (Phi) is 13.2. The van der Waals surface area contributed by atoms with E-state index in [1.807, 2.05) is 90.7 Å². The van der Waals surface area contributed by atoms with Gasteiger partial charge in [0.2, 0.25) is 0 Å². The molecule has 14 nitrogen and oxygen atoms in total. The molecule has 380 valence electrons. The largest absolute Gasteiger partial charge is 0.496 e. The molecule has 77 heavy (non-hydrogen) atoms. The summed E-state index contributed by atoms with van der Waals surface area (Å²) in [7, 11) is 1.48. The second-order valence-corrected chi connectivity index (χ2v) is 19.6. The Hall–Kier alpha value is -9.13. The van der Waals surface area contributed by atoms with Gasteiger partial charge in [-0.05, 0) is 103 Å². The van der Waals surface area contributed by atoms with E-state index in [0.29, 0.717) is 40.9 Å². The third kappa shape index (κ3) is 9.00. The first kappa shape index (κ1) is 48.8. The van der Waals surface area contributed by atoms with Crippen molar-refractivity contribution in [1.29, 1.82) is 5.26 Å². The van der Waals surface area contributed by atoms with Gasteiger partial charge >= 0.3 is 11.3 Å². The Morgan fingerprint density at radius 1 is 0.662 bits per heavy atom. The summed E-state index contributed by atoms with van der Waals surface area (Å²) in [5.41, 5.74) is 5.18. The summed E-state index contributed by atoms with van der Waals surface area (Å²) in [4.78, 5) is 41.4. The van der Waals surface area contributed by atoms with E-state index in [9.17, 15) is 14.9 Å². The molecule has 11 aromatic rings. The molecule has 15 heteroatoms. The SMILES string of the molecule is CCOc1cccc2c(N(c3cccnc3)c3cc4oc(=O)c(-c5nnc(-c6c(C#N)c7c(OC)cc(N(c8cccnc8)c8cccc9cc(C%10CCCCC%10)ccc89)cc7oc6=O)o5)cc4cc3CCBr)cccc12. The minimum atomic E-state index is -0.909. The van der Waals surface area contributed by atoms with Gasteiger partial charge in [0, 0.05) is 57.5 Å². The smallest absolute Gasteiger partial charge is 0.350 e. The first-order chi connectivity index (χ1) is 37.8. The predicted molar refractivity (Wildman–Crippen MR) is 303 cm³/mol. The predicted octanol–water partition coefficient (Wildman–Crippen LogP) is 14.9. The first-order valence-electron chi connectivity index (χ1n) is 25.5. The van der Waals surface area contributed by atoms with E-state index < -0.39 is 11.3 Å². The van der Waals surface area contributed by atoms with Crippen LogP contribution in [0.2, 0.25) is 0 Å². The van der Waals surface area contributed by atoms with E-state index in [-0.39, 0.29) is 45.2 Å². The average molecular weight is 1080 g/mol. The third-order valence-electron chi connectivity index (χ3n) is 14.4. The quantitative estimate of drug-likeness (QED) is 0.0743. The molecule has 1 aliphatic rings. The number of methoxy groups -OCH3 is 1. The van der Waals surface area contributed by atoms with Gasteiger partial charge in [0.25, 0.3) is 11.8 Å². The molecule has 5 aromatic heterocycles. The van der Waals surface area contributed by atoms with Gasteiger partial charge in [-0.25, -0.2) is 9.59 Å². The molecule has 5 heterocycles. The number of hydrogen-bond donors (Lipinski definition) is 0. The summed E-state index contributed by atoms with van der Waals surface area (Å²) >= 11 is 3.67. The molecule has 0 unspecified atom stereocenters. The minimum absolute atomic E-state index is 0.0459. The number of aryl methyl sites for hydroxylation is 1.